The summed E-state index contributed by atoms with van der Waals surface area (Å²) in [7, 11) is 0. The Bertz CT molecular complexity index is 516. The topological polar surface area (TPSA) is 59.6 Å². The van der Waals surface area contributed by atoms with Crippen LogP contribution in [0.15, 0.2) is 41.9 Å². The van der Waals surface area contributed by atoms with Crippen molar-refractivity contribution in [2.24, 2.45) is 10.7 Å². The molecule has 0 bridgehead atoms. The van der Waals surface area contributed by atoms with Crippen LogP contribution in [0.4, 0.5) is 4.39 Å². The summed E-state index contributed by atoms with van der Waals surface area (Å²) in [5.41, 5.74) is 6.59. The molecule has 1 saturated heterocycles. The zero-order valence-corrected chi connectivity index (χ0v) is 14.9. The quantitative estimate of drug-likeness (QED) is 0.334. The third-order valence-electron chi connectivity index (χ3n) is 3.87. The van der Waals surface area contributed by atoms with Crippen molar-refractivity contribution in [1.82, 2.24) is 5.32 Å². The molecule has 1 aromatic carbocycles. The van der Waals surface area contributed by atoms with E-state index in [4.69, 9.17) is 10.5 Å². The summed E-state index contributed by atoms with van der Waals surface area (Å²) in [6.45, 7) is 6.04. The van der Waals surface area contributed by atoms with Gasteiger partial charge in [0, 0.05) is 25.2 Å². The van der Waals surface area contributed by atoms with E-state index >= 15 is 0 Å². The van der Waals surface area contributed by atoms with Gasteiger partial charge in [-0.2, -0.15) is 0 Å². The van der Waals surface area contributed by atoms with Crippen molar-refractivity contribution in [2.75, 3.05) is 26.3 Å². The molecule has 122 valence electrons. The van der Waals surface area contributed by atoms with Crippen molar-refractivity contribution in [1.29, 1.82) is 0 Å². The minimum atomic E-state index is -0.222. The number of nitrogens with two attached hydrogens (primary N) is 1. The molecule has 22 heavy (non-hydrogen) atoms. The Morgan fingerprint density at radius 2 is 2.18 bits per heavy atom. The molecule has 0 unspecified atom stereocenters. The Kier molecular flexibility index (Phi) is 7.81. The van der Waals surface area contributed by atoms with Crippen LogP contribution in [0.5, 0.6) is 0 Å². The van der Waals surface area contributed by atoms with E-state index in [9.17, 15) is 4.39 Å². The van der Waals surface area contributed by atoms with E-state index in [-0.39, 0.29) is 35.2 Å². The van der Waals surface area contributed by atoms with Gasteiger partial charge < -0.3 is 15.8 Å². The summed E-state index contributed by atoms with van der Waals surface area (Å²) in [5, 5.41) is 2.96. The maximum Gasteiger partial charge on any atom is 0.188 e. The molecule has 2 rings (SSSR count). The normalized spacial score (nSPS) is 17.4. The zero-order chi connectivity index (χ0) is 15.1. The maximum absolute atomic E-state index is 13.5. The Morgan fingerprint density at radius 3 is 2.82 bits per heavy atom. The number of halogens is 2. The molecule has 3 N–H and O–H groups in total. The van der Waals surface area contributed by atoms with Crippen molar-refractivity contribution in [2.45, 2.75) is 18.3 Å². The van der Waals surface area contributed by atoms with Crippen LogP contribution in [0.3, 0.4) is 0 Å². The first-order valence-electron chi connectivity index (χ1n) is 7.15. The minimum Gasteiger partial charge on any atom is -0.381 e. The van der Waals surface area contributed by atoms with Gasteiger partial charge >= 0.3 is 0 Å². The molecule has 1 aliphatic heterocycles. The summed E-state index contributed by atoms with van der Waals surface area (Å²) in [6.07, 6.45) is 3.35. The van der Waals surface area contributed by atoms with E-state index < -0.39 is 0 Å². The van der Waals surface area contributed by atoms with Crippen LogP contribution >= 0.6 is 24.0 Å². The second-order valence-electron chi connectivity index (χ2n) is 5.27. The van der Waals surface area contributed by atoms with Crippen molar-refractivity contribution >= 4 is 29.9 Å². The van der Waals surface area contributed by atoms with Crippen LogP contribution in [-0.4, -0.2) is 32.3 Å². The third-order valence-corrected chi connectivity index (χ3v) is 3.87. The molecule has 1 aliphatic rings. The average Bonchev–Trinajstić information content (AvgIpc) is 2.52. The Balaban J connectivity index is 0.00000242. The highest BCUT2D eigenvalue weighted by molar-refractivity contribution is 14.0. The second-order valence-corrected chi connectivity index (χ2v) is 5.27. The third kappa shape index (κ3) is 4.95. The number of hydrogen-bond acceptors (Lipinski definition) is 2. The fraction of sp³-hybridized carbons (Fsp3) is 0.438. The van der Waals surface area contributed by atoms with E-state index in [1.807, 2.05) is 6.07 Å². The van der Waals surface area contributed by atoms with E-state index in [1.54, 1.807) is 18.2 Å². The lowest BCUT2D eigenvalue weighted by molar-refractivity contribution is 0.0530. The molecular weight excluding hydrogens is 396 g/mol. The smallest absolute Gasteiger partial charge is 0.188 e. The molecule has 1 heterocycles. The lowest BCUT2D eigenvalue weighted by Gasteiger charge is -2.36. The van der Waals surface area contributed by atoms with Gasteiger partial charge in [0.15, 0.2) is 5.96 Å². The number of aliphatic imine (C=N–C) groups is 1. The molecule has 0 aliphatic carbocycles. The fourth-order valence-corrected chi connectivity index (χ4v) is 2.59. The number of ether oxygens (including phenoxy) is 1. The molecule has 0 spiro atoms. The summed E-state index contributed by atoms with van der Waals surface area (Å²) >= 11 is 0. The van der Waals surface area contributed by atoms with E-state index in [1.165, 1.54) is 6.07 Å². The van der Waals surface area contributed by atoms with E-state index in [0.717, 1.165) is 18.4 Å². The van der Waals surface area contributed by atoms with Crippen molar-refractivity contribution in [3.63, 3.8) is 0 Å². The Hall–Kier alpha value is -1.15. The summed E-state index contributed by atoms with van der Waals surface area (Å²) < 4.78 is 19.0. The van der Waals surface area contributed by atoms with Gasteiger partial charge in [-0.05, 0) is 30.5 Å². The molecule has 6 heteroatoms. The van der Waals surface area contributed by atoms with Crippen LogP contribution in [0.2, 0.25) is 0 Å². The number of nitrogens with zero attached hydrogens (tertiary/aromatic N) is 1. The molecule has 1 aromatic rings. The number of benzene rings is 1. The second kappa shape index (κ2) is 9.09. The van der Waals surface area contributed by atoms with Gasteiger partial charge in [0.1, 0.15) is 5.82 Å². The zero-order valence-electron chi connectivity index (χ0n) is 12.6. The van der Waals surface area contributed by atoms with Gasteiger partial charge in [0.25, 0.3) is 0 Å². The van der Waals surface area contributed by atoms with Gasteiger partial charge in [-0.25, -0.2) is 4.39 Å². The van der Waals surface area contributed by atoms with Gasteiger partial charge in [-0.1, -0.05) is 18.2 Å². The van der Waals surface area contributed by atoms with Crippen molar-refractivity contribution < 1.29 is 9.13 Å². The van der Waals surface area contributed by atoms with E-state index in [0.29, 0.717) is 32.3 Å². The minimum absolute atomic E-state index is 0. The molecule has 0 amide bonds. The number of nitrogens with one attached hydrogen (secondary N) is 1. The first-order valence-corrected chi connectivity index (χ1v) is 7.15. The summed E-state index contributed by atoms with van der Waals surface area (Å²) in [6, 6.07) is 6.75. The number of guanidine groups is 1. The first kappa shape index (κ1) is 18.9. The van der Waals surface area contributed by atoms with Crippen molar-refractivity contribution in [3.05, 3.63) is 48.3 Å². The SMILES string of the molecule is C=CCNC(N)=NCC1(c2cccc(F)c2)CCOCC1.I. The maximum atomic E-state index is 13.5. The number of hydrogen-bond donors (Lipinski definition) is 2. The van der Waals surface area contributed by atoms with Crippen LogP contribution in [0, 0.1) is 5.82 Å². The largest absolute Gasteiger partial charge is 0.381 e. The molecule has 0 atom stereocenters. The average molecular weight is 419 g/mol. The van der Waals surface area contributed by atoms with Crippen LogP contribution in [-0.2, 0) is 10.2 Å². The predicted octanol–water partition coefficient (Wildman–Crippen LogP) is 2.58. The predicted molar refractivity (Wildman–Crippen MR) is 98.2 cm³/mol. The van der Waals surface area contributed by atoms with Crippen LogP contribution in [0.1, 0.15) is 18.4 Å². The number of rotatable bonds is 5. The highest BCUT2D eigenvalue weighted by Crippen LogP contribution is 2.35. The fourth-order valence-electron chi connectivity index (χ4n) is 2.59. The summed E-state index contributed by atoms with van der Waals surface area (Å²) in [5.74, 6) is 0.164. The Labute approximate surface area is 148 Å². The van der Waals surface area contributed by atoms with Crippen LogP contribution in [0.25, 0.3) is 0 Å². The molecule has 1 fully saturated rings. The van der Waals surface area contributed by atoms with Crippen molar-refractivity contribution in [3.8, 4) is 0 Å². The molecule has 0 radical (unpaired) electrons. The van der Waals surface area contributed by atoms with Gasteiger partial charge in [0.2, 0.25) is 0 Å². The van der Waals surface area contributed by atoms with Gasteiger partial charge in [0.05, 0.1) is 6.54 Å². The first-order chi connectivity index (χ1) is 10.2. The van der Waals surface area contributed by atoms with Gasteiger partial charge in [-0.15, -0.1) is 30.6 Å². The highest BCUT2D eigenvalue weighted by atomic mass is 127. The lowest BCUT2D eigenvalue weighted by Crippen LogP contribution is -2.39. The highest BCUT2D eigenvalue weighted by Gasteiger charge is 2.34. The molecular formula is C16H23FIN3O. The monoisotopic (exact) mass is 419 g/mol. The Morgan fingerprint density at radius 1 is 1.45 bits per heavy atom. The van der Waals surface area contributed by atoms with Crippen LogP contribution < -0.4 is 11.1 Å². The lowest BCUT2D eigenvalue weighted by atomic mass is 9.74. The summed E-state index contributed by atoms with van der Waals surface area (Å²) in [4.78, 5) is 4.42. The molecule has 4 nitrogen and oxygen atoms in total. The molecule has 0 aromatic heterocycles. The van der Waals surface area contributed by atoms with E-state index in [2.05, 4.69) is 16.9 Å². The standard InChI is InChI=1S/C16H22FN3O.HI/c1-2-8-19-15(18)20-12-16(6-9-21-10-7-16)13-4-3-5-14(17)11-13;/h2-5,11H,1,6-10,12H2,(H3,18,19,20);1H. The van der Waals surface area contributed by atoms with Gasteiger partial charge in [-0.3, -0.25) is 4.99 Å². The molecule has 0 saturated carbocycles.